The van der Waals surface area contributed by atoms with Crippen molar-refractivity contribution in [2.75, 3.05) is 6.54 Å². The van der Waals surface area contributed by atoms with Gasteiger partial charge in [0, 0.05) is 12.5 Å². The van der Waals surface area contributed by atoms with Crippen molar-refractivity contribution >= 4 is 0 Å². The molecule has 2 aliphatic rings. The highest BCUT2D eigenvalue weighted by Crippen LogP contribution is 2.34. The Balaban J connectivity index is 1.66. The van der Waals surface area contributed by atoms with E-state index in [4.69, 9.17) is 15.0 Å². The number of aromatic nitrogens is 2. The van der Waals surface area contributed by atoms with Crippen molar-refractivity contribution in [3.63, 3.8) is 0 Å². The van der Waals surface area contributed by atoms with Crippen LogP contribution in [-0.2, 0) is 4.74 Å². The Morgan fingerprint density at radius 3 is 2.67 bits per heavy atom. The second-order valence-electron chi connectivity index (χ2n) is 5.39. The van der Waals surface area contributed by atoms with E-state index in [9.17, 15) is 0 Å². The van der Waals surface area contributed by atoms with Crippen LogP contribution >= 0.6 is 0 Å². The maximum atomic E-state index is 5.78. The van der Waals surface area contributed by atoms with Crippen LogP contribution in [-0.4, -0.2) is 22.8 Å². The van der Waals surface area contributed by atoms with E-state index in [1.54, 1.807) is 0 Å². The van der Waals surface area contributed by atoms with Crippen LogP contribution in [0.2, 0.25) is 0 Å². The van der Waals surface area contributed by atoms with Crippen molar-refractivity contribution in [1.29, 1.82) is 0 Å². The van der Waals surface area contributed by atoms with Crippen LogP contribution in [0.25, 0.3) is 0 Å². The van der Waals surface area contributed by atoms with E-state index in [0.29, 0.717) is 18.4 Å². The molecule has 1 aromatic rings. The summed E-state index contributed by atoms with van der Waals surface area (Å²) in [5.41, 5.74) is 5.60. The fraction of sp³-hybridized carbons (Fsp3) is 0.846. The number of rotatable bonds is 3. The lowest BCUT2D eigenvalue weighted by Gasteiger charge is -2.17. The monoisotopic (exact) mass is 251 g/mol. The largest absolute Gasteiger partial charge is 0.364 e. The van der Waals surface area contributed by atoms with Gasteiger partial charge in [0.2, 0.25) is 0 Å². The van der Waals surface area contributed by atoms with Crippen molar-refractivity contribution in [2.24, 2.45) is 5.73 Å². The Morgan fingerprint density at radius 1 is 1.11 bits per heavy atom. The third-order valence-electron chi connectivity index (χ3n) is 4.07. The summed E-state index contributed by atoms with van der Waals surface area (Å²) in [5, 5.41) is 4.14. The van der Waals surface area contributed by atoms with Crippen molar-refractivity contribution in [2.45, 2.75) is 63.1 Å². The molecule has 2 atom stereocenters. The van der Waals surface area contributed by atoms with Crippen molar-refractivity contribution < 1.29 is 9.26 Å². The van der Waals surface area contributed by atoms with E-state index in [2.05, 4.69) is 10.1 Å². The maximum Gasteiger partial charge on any atom is 0.255 e. The Bertz CT molecular complexity index is 387. The molecule has 1 aromatic heterocycles. The molecular formula is C13H21N3O2. The second kappa shape index (κ2) is 5.36. The van der Waals surface area contributed by atoms with Gasteiger partial charge in [-0.05, 0) is 25.7 Å². The SMILES string of the molecule is NC[C@@H]1CC[C@@H](c2nc(C3CCCCC3)no2)O1. The molecule has 2 fully saturated rings. The maximum absolute atomic E-state index is 5.78. The van der Waals surface area contributed by atoms with Crippen LogP contribution in [0.1, 0.15) is 68.7 Å². The van der Waals surface area contributed by atoms with Crippen LogP contribution in [0.4, 0.5) is 0 Å². The zero-order chi connectivity index (χ0) is 12.4. The number of nitrogens with zero attached hydrogens (tertiary/aromatic N) is 2. The van der Waals surface area contributed by atoms with Gasteiger partial charge < -0.3 is 15.0 Å². The molecule has 5 heteroatoms. The van der Waals surface area contributed by atoms with Gasteiger partial charge >= 0.3 is 0 Å². The second-order valence-corrected chi connectivity index (χ2v) is 5.39. The minimum absolute atomic E-state index is 0.0385. The molecule has 100 valence electrons. The quantitative estimate of drug-likeness (QED) is 0.892. The Morgan fingerprint density at radius 2 is 1.94 bits per heavy atom. The highest BCUT2D eigenvalue weighted by Gasteiger charge is 2.31. The molecule has 5 nitrogen and oxygen atoms in total. The van der Waals surface area contributed by atoms with Crippen molar-refractivity contribution in [3.8, 4) is 0 Å². The van der Waals surface area contributed by atoms with Crippen LogP contribution in [0.5, 0.6) is 0 Å². The summed E-state index contributed by atoms with van der Waals surface area (Å²) in [6.45, 7) is 0.570. The molecule has 2 heterocycles. The molecule has 3 rings (SSSR count). The standard InChI is InChI=1S/C13H21N3O2/c14-8-10-6-7-11(17-10)13-15-12(16-18-13)9-4-2-1-3-5-9/h9-11H,1-8,14H2/t10-,11-/m0/s1. The minimum atomic E-state index is -0.0385. The van der Waals surface area contributed by atoms with Crippen LogP contribution in [0.3, 0.4) is 0 Å². The third-order valence-corrected chi connectivity index (χ3v) is 4.07. The smallest absolute Gasteiger partial charge is 0.255 e. The molecule has 0 aromatic carbocycles. The summed E-state index contributed by atoms with van der Waals surface area (Å²) in [6, 6.07) is 0. The van der Waals surface area contributed by atoms with Crippen LogP contribution in [0, 0.1) is 0 Å². The lowest BCUT2D eigenvalue weighted by Crippen LogP contribution is -2.18. The zero-order valence-corrected chi connectivity index (χ0v) is 10.7. The normalized spacial score (nSPS) is 29.8. The lowest BCUT2D eigenvalue weighted by molar-refractivity contribution is 0.0307. The van der Waals surface area contributed by atoms with Gasteiger partial charge in [-0.25, -0.2) is 0 Å². The van der Waals surface area contributed by atoms with Gasteiger partial charge in [0.1, 0.15) is 6.10 Å². The third kappa shape index (κ3) is 2.42. The van der Waals surface area contributed by atoms with Gasteiger partial charge in [0.05, 0.1) is 6.10 Å². The molecule has 1 aliphatic heterocycles. The topological polar surface area (TPSA) is 74.2 Å². The first-order valence-corrected chi connectivity index (χ1v) is 7.06. The molecule has 18 heavy (non-hydrogen) atoms. The molecule has 2 N–H and O–H groups in total. The fourth-order valence-corrected chi connectivity index (χ4v) is 2.97. The first kappa shape index (κ1) is 12.1. The summed E-state index contributed by atoms with van der Waals surface area (Å²) < 4.78 is 11.1. The van der Waals surface area contributed by atoms with E-state index in [0.717, 1.165) is 18.7 Å². The van der Waals surface area contributed by atoms with Gasteiger partial charge in [0.15, 0.2) is 5.82 Å². The molecule has 1 aliphatic carbocycles. The molecule has 0 bridgehead atoms. The number of hydrogen-bond acceptors (Lipinski definition) is 5. The van der Waals surface area contributed by atoms with Gasteiger partial charge in [-0.15, -0.1) is 0 Å². The molecule has 1 saturated carbocycles. The van der Waals surface area contributed by atoms with E-state index < -0.39 is 0 Å². The molecule has 0 amide bonds. The zero-order valence-electron chi connectivity index (χ0n) is 10.7. The summed E-state index contributed by atoms with van der Waals surface area (Å²) in [6.07, 6.45) is 8.32. The van der Waals surface area contributed by atoms with E-state index in [1.165, 1.54) is 32.1 Å². The van der Waals surface area contributed by atoms with E-state index in [1.807, 2.05) is 0 Å². The highest BCUT2D eigenvalue weighted by molar-refractivity contribution is 4.99. The summed E-state index contributed by atoms with van der Waals surface area (Å²) in [4.78, 5) is 4.54. The first-order valence-electron chi connectivity index (χ1n) is 7.06. The Kier molecular flexibility index (Phi) is 3.61. The average Bonchev–Trinajstić information content (AvgIpc) is 3.08. The molecular weight excluding hydrogens is 230 g/mol. The van der Waals surface area contributed by atoms with Gasteiger partial charge in [0.25, 0.3) is 5.89 Å². The van der Waals surface area contributed by atoms with Crippen molar-refractivity contribution in [3.05, 3.63) is 11.7 Å². The molecule has 1 saturated heterocycles. The number of hydrogen-bond donors (Lipinski definition) is 1. The summed E-state index contributed by atoms with van der Waals surface area (Å²) >= 11 is 0. The minimum Gasteiger partial charge on any atom is -0.364 e. The summed E-state index contributed by atoms with van der Waals surface area (Å²) in [5.74, 6) is 2.01. The highest BCUT2D eigenvalue weighted by atomic mass is 16.5. The van der Waals surface area contributed by atoms with Crippen LogP contribution in [0.15, 0.2) is 4.52 Å². The predicted octanol–water partition coefficient (Wildman–Crippen LogP) is 2.30. The fourth-order valence-electron chi connectivity index (χ4n) is 2.97. The number of ether oxygens (including phenoxy) is 1. The number of nitrogens with two attached hydrogens (primary N) is 1. The summed E-state index contributed by atoms with van der Waals surface area (Å²) in [7, 11) is 0. The van der Waals surface area contributed by atoms with Gasteiger partial charge in [-0.1, -0.05) is 24.4 Å². The first-order chi connectivity index (χ1) is 8.86. The average molecular weight is 251 g/mol. The lowest BCUT2D eigenvalue weighted by atomic mass is 9.89. The Hall–Kier alpha value is -0.940. The van der Waals surface area contributed by atoms with Gasteiger partial charge in [-0.2, -0.15) is 4.98 Å². The molecule has 0 unspecified atom stereocenters. The molecule has 0 spiro atoms. The van der Waals surface area contributed by atoms with E-state index in [-0.39, 0.29) is 12.2 Å². The van der Waals surface area contributed by atoms with Crippen LogP contribution < -0.4 is 5.73 Å². The van der Waals surface area contributed by atoms with E-state index >= 15 is 0 Å². The van der Waals surface area contributed by atoms with Gasteiger partial charge in [-0.3, -0.25) is 0 Å². The van der Waals surface area contributed by atoms with Crippen molar-refractivity contribution in [1.82, 2.24) is 10.1 Å². The molecule has 0 radical (unpaired) electrons. The predicted molar refractivity (Wildman–Crippen MR) is 66.0 cm³/mol. The Labute approximate surface area is 107 Å².